The van der Waals surface area contributed by atoms with Crippen molar-refractivity contribution in [2.45, 2.75) is 38.0 Å². The summed E-state index contributed by atoms with van der Waals surface area (Å²) in [5.74, 6) is 0. The Morgan fingerprint density at radius 1 is 1.29 bits per heavy atom. The van der Waals surface area contributed by atoms with E-state index in [-0.39, 0.29) is 6.04 Å². The third-order valence-electron chi connectivity index (χ3n) is 1.72. The molecule has 0 radical (unpaired) electrons. The molecule has 0 heterocycles. The molecule has 0 bridgehead atoms. The van der Waals surface area contributed by atoms with Gasteiger partial charge >= 0.3 is 92.3 Å². The number of hydrogen-bond donors (Lipinski definition) is 0. The molecule has 0 aliphatic rings. The first kappa shape index (κ1) is 14.0. The van der Waals surface area contributed by atoms with Crippen molar-refractivity contribution in [3.63, 3.8) is 0 Å². The van der Waals surface area contributed by atoms with E-state index in [1.54, 1.807) is 6.08 Å². The summed E-state index contributed by atoms with van der Waals surface area (Å²) in [6, 6.07) is 0.0283. The number of aliphatic imine (C=N–C) groups is 1. The molecule has 0 rings (SSSR count). The van der Waals surface area contributed by atoms with Gasteiger partial charge in [0.2, 0.25) is 0 Å². The van der Waals surface area contributed by atoms with Crippen LogP contribution in [-0.2, 0) is 30.1 Å². The molecule has 1 atom stereocenters. The molecular formula is C9H18NO3Ti. The van der Waals surface area contributed by atoms with Crippen LogP contribution in [0.25, 0.3) is 0 Å². The predicted octanol–water partition coefficient (Wildman–Crippen LogP) is 2.04. The Morgan fingerprint density at radius 2 is 1.86 bits per heavy atom. The van der Waals surface area contributed by atoms with Gasteiger partial charge in [-0.05, 0) is 0 Å². The summed E-state index contributed by atoms with van der Waals surface area (Å²) < 4.78 is 11.8. The Morgan fingerprint density at radius 3 is 2.21 bits per heavy atom. The van der Waals surface area contributed by atoms with Crippen LogP contribution in [0.2, 0.25) is 4.73 Å². The summed E-state index contributed by atoms with van der Waals surface area (Å²) in [6.45, 7) is 7.26. The Kier molecular flexibility index (Phi) is 9.57. The Balaban J connectivity index is 4.02. The third-order valence-corrected chi connectivity index (χ3v) is 4.88. The molecule has 14 heavy (non-hydrogen) atoms. The summed E-state index contributed by atoms with van der Waals surface area (Å²) in [5, 5.41) is 0. The zero-order chi connectivity index (χ0) is 10.8. The summed E-state index contributed by atoms with van der Waals surface area (Å²) in [4.78, 5) is 13.8. The molecule has 0 aromatic heterocycles. The monoisotopic (exact) mass is 236 g/mol. The summed E-state index contributed by atoms with van der Waals surface area (Å²) in [5.41, 5.74) is 0. The molecule has 0 aliphatic heterocycles. The van der Waals surface area contributed by atoms with E-state index in [4.69, 9.17) is 6.64 Å². The molecule has 0 amide bonds. The molecule has 0 aliphatic carbocycles. The zero-order valence-electron chi connectivity index (χ0n) is 9.08. The summed E-state index contributed by atoms with van der Waals surface area (Å²) >= 11 is -1.88. The zero-order valence-corrected chi connectivity index (χ0v) is 10.6. The number of hydrogen-bond acceptors (Lipinski definition) is 4. The van der Waals surface area contributed by atoms with Gasteiger partial charge in [0.1, 0.15) is 0 Å². The minimum absolute atomic E-state index is 0.0283. The normalized spacial score (nSPS) is 11.9. The van der Waals surface area contributed by atoms with Crippen molar-refractivity contribution in [3.8, 4) is 0 Å². The minimum atomic E-state index is -1.88. The van der Waals surface area contributed by atoms with E-state index in [1.807, 2.05) is 20.8 Å². The number of carbonyl (C=O) groups excluding carboxylic acids is 1. The second kappa shape index (κ2) is 9.56. The molecular weight excluding hydrogens is 218 g/mol. The van der Waals surface area contributed by atoms with Crippen LogP contribution in [0.1, 0.15) is 27.2 Å². The number of rotatable bonds is 8. The summed E-state index contributed by atoms with van der Waals surface area (Å²) in [7, 11) is 0. The molecule has 0 aromatic carbocycles. The van der Waals surface area contributed by atoms with Gasteiger partial charge in [-0.2, -0.15) is 0 Å². The molecule has 81 valence electrons. The standard InChI is InChI=1S/C5H8NO.2C2H5O.Ti/c1-3-5(2)6-4-7;2*1-2-3;/h5H,2-3H2,1H3;2*2H2,1H3;/q;2*-1;+2. The molecule has 5 heteroatoms. The second-order valence-electron chi connectivity index (χ2n) is 2.72. The van der Waals surface area contributed by atoms with Crippen LogP contribution in [0.5, 0.6) is 0 Å². The number of nitrogens with zero attached hydrogens (tertiary/aromatic N) is 1. The topological polar surface area (TPSA) is 47.9 Å². The van der Waals surface area contributed by atoms with Gasteiger partial charge in [-0.3, -0.25) is 0 Å². The van der Waals surface area contributed by atoms with Crippen LogP contribution in [0.4, 0.5) is 0 Å². The molecule has 1 unspecified atom stereocenters. The fraction of sp³-hybridized carbons (Fsp3) is 0.889. The molecule has 0 N–H and O–H groups in total. The molecule has 0 spiro atoms. The third kappa shape index (κ3) is 6.47. The quantitative estimate of drug-likeness (QED) is 0.368. The average Bonchev–Trinajstić information content (AvgIpc) is 2.18. The van der Waals surface area contributed by atoms with Crippen molar-refractivity contribution in [2.75, 3.05) is 13.2 Å². The van der Waals surface area contributed by atoms with E-state index in [1.165, 1.54) is 0 Å². The van der Waals surface area contributed by atoms with Gasteiger partial charge in [-0.25, -0.2) is 0 Å². The molecule has 0 saturated carbocycles. The van der Waals surface area contributed by atoms with Crippen LogP contribution in [0, 0.1) is 0 Å². The van der Waals surface area contributed by atoms with E-state index in [0.29, 0.717) is 13.2 Å². The SMILES string of the molecule is CC[O][Ti]([CH2]C(CC)N=C=O)[O]CC. The van der Waals surface area contributed by atoms with Gasteiger partial charge in [0, 0.05) is 0 Å². The first-order valence-electron chi connectivity index (χ1n) is 4.96. The first-order chi connectivity index (χ1) is 6.78. The maximum atomic E-state index is 10.1. The van der Waals surface area contributed by atoms with Crippen LogP contribution in [0.3, 0.4) is 0 Å². The Bertz CT molecular complexity index is 177. The van der Waals surface area contributed by atoms with Gasteiger partial charge in [-0.15, -0.1) is 0 Å². The van der Waals surface area contributed by atoms with Crippen LogP contribution >= 0.6 is 0 Å². The van der Waals surface area contributed by atoms with Crippen molar-refractivity contribution < 1.29 is 30.1 Å². The maximum absolute atomic E-state index is 10.1. The van der Waals surface area contributed by atoms with Crippen molar-refractivity contribution in [2.24, 2.45) is 4.99 Å². The summed E-state index contributed by atoms with van der Waals surface area (Å²) in [6.07, 6.45) is 2.44. The van der Waals surface area contributed by atoms with Gasteiger partial charge in [0.25, 0.3) is 0 Å². The van der Waals surface area contributed by atoms with Crippen molar-refractivity contribution in [3.05, 3.63) is 0 Å². The molecule has 4 nitrogen and oxygen atoms in total. The van der Waals surface area contributed by atoms with E-state index >= 15 is 0 Å². The molecule has 0 fully saturated rings. The first-order valence-corrected chi connectivity index (χ1v) is 7.34. The van der Waals surface area contributed by atoms with Gasteiger partial charge in [0.05, 0.1) is 0 Å². The van der Waals surface area contributed by atoms with Crippen LogP contribution in [0.15, 0.2) is 4.99 Å². The fourth-order valence-corrected chi connectivity index (χ4v) is 3.73. The predicted molar refractivity (Wildman–Crippen MR) is 50.3 cm³/mol. The van der Waals surface area contributed by atoms with E-state index in [0.717, 1.165) is 11.1 Å². The Hall–Kier alpha value is 0.0143. The molecule has 0 saturated heterocycles. The fourth-order valence-electron chi connectivity index (χ4n) is 1.03. The van der Waals surface area contributed by atoms with E-state index in [2.05, 4.69) is 4.99 Å². The average molecular weight is 236 g/mol. The second-order valence-corrected chi connectivity index (χ2v) is 5.43. The van der Waals surface area contributed by atoms with Crippen LogP contribution < -0.4 is 0 Å². The van der Waals surface area contributed by atoms with Gasteiger partial charge < -0.3 is 0 Å². The molecule has 0 aromatic rings. The van der Waals surface area contributed by atoms with Gasteiger partial charge in [0.15, 0.2) is 0 Å². The van der Waals surface area contributed by atoms with E-state index < -0.39 is 18.6 Å². The number of isocyanates is 1. The van der Waals surface area contributed by atoms with Crippen molar-refractivity contribution >= 4 is 6.08 Å². The van der Waals surface area contributed by atoms with Crippen molar-refractivity contribution in [1.82, 2.24) is 0 Å². The van der Waals surface area contributed by atoms with Gasteiger partial charge in [-0.1, -0.05) is 0 Å². The van der Waals surface area contributed by atoms with Crippen LogP contribution in [-0.4, -0.2) is 25.3 Å². The van der Waals surface area contributed by atoms with Crippen molar-refractivity contribution in [1.29, 1.82) is 0 Å². The Labute approximate surface area is 92.5 Å². The van der Waals surface area contributed by atoms with E-state index in [9.17, 15) is 4.79 Å².